The van der Waals surface area contributed by atoms with Crippen LogP contribution in [0.1, 0.15) is 368 Å². The lowest BCUT2D eigenvalue weighted by Gasteiger charge is -2.18. The van der Waals surface area contributed by atoms with Crippen LogP contribution in [-0.4, -0.2) is 37.2 Å². The molecular weight excluding hydrogens is 865 g/mol. The largest absolute Gasteiger partial charge is 0.462 e. The number of ether oxygens (including phenoxy) is 3. The molecule has 0 aromatic carbocycles. The highest BCUT2D eigenvalue weighted by atomic mass is 16.6. The molecule has 0 aliphatic rings. The molecule has 70 heavy (non-hydrogen) atoms. The van der Waals surface area contributed by atoms with Crippen LogP contribution in [0.15, 0.2) is 0 Å². The number of esters is 3. The van der Waals surface area contributed by atoms with E-state index in [1.54, 1.807) is 0 Å². The van der Waals surface area contributed by atoms with Gasteiger partial charge in [0.15, 0.2) is 6.10 Å². The minimum Gasteiger partial charge on any atom is -0.462 e. The Kier molecular flexibility index (Phi) is 57.0. The summed E-state index contributed by atoms with van der Waals surface area (Å²) in [6.07, 6.45) is 65.3. The second-order valence-corrected chi connectivity index (χ2v) is 22.3. The van der Waals surface area contributed by atoms with Gasteiger partial charge in [-0.15, -0.1) is 0 Å². The van der Waals surface area contributed by atoms with Crippen LogP contribution in [0.3, 0.4) is 0 Å². The van der Waals surface area contributed by atoms with Gasteiger partial charge in [-0.3, -0.25) is 14.4 Å². The van der Waals surface area contributed by atoms with Crippen molar-refractivity contribution in [2.45, 2.75) is 374 Å². The van der Waals surface area contributed by atoms with Crippen LogP contribution < -0.4 is 0 Å². The highest BCUT2D eigenvalue weighted by Crippen LogP contribution is 2.19. The summed E-state index contributed by atoms with van der Waals surface area (Å²) in [4.78, 5) is 38.3. The molecule has 2 atom stereocenters. The summed E-state index contributed by atoms with van der Waals surface area (Å²) >= 11 is 0. The first-order chi connectivity index (χ1) is 34.4. The van der Waals surface area contributed by atoms with E-state index < -0.39 is 6.10 Å². The van der Waals surface area contributed by atoms with Crippen molar-refractivity contribution in [3.05, 3.63) is 0 Å². The minimum absolute atomic E-state index is 0.0615. The average Bonchev–Trinajstić information content (AvgIpc) is 3.36. The molecule has 0 amide bonds. The summed E-state index contributed by atoms with van der Waals surface area (Å²) in [7, 11) is 0. The summed E-state index contributed by atoms with van der Waals surface area (Å²) in [5.41, 5.74) is 0. The van der Waals surface area contributed by atoms with Gasteiger partial charge in [0.1, 0.15) is 13.2 Å². The fraction of sp³-hybridized carbons (Fsp3) is 0.953. The predicted octanol–water partition coefficient (Wildman–Crippen LogP) is 21.4. The van der Waals surface area contributed by atoms with Crippen LogP contribution in [-0.2, 0) is 28.6 Å². The molecule has 416 valence electrons. The van der Waals surface area contributed by atoms with Gasteiger partial charge in [-0.1, -0.05) is 329 Å². The van der Waals surface area contributed by atoms with E-state index in [1.807, 2.05) is 0 Å². The predicted molar refractivity (Wildman–Crippen MR) is 303 cm³/mol. The third kappa shape index (κ3) is 55.7. The number of rotatable bonds is 59. The van der Waals surface area contributed by atoms with Crippen LogP contribution in [0.2, 0.25) is 0 Å². The summed E-state index contributed by atoms with van der Waals surface area (Å²) in [6.45, 7) is 9.10. The number of carbonyl (C=O) groups is 3. The van der Waals surface area contributed by atoms with E-state index in [1.165, 1.54) is 263 Å². The van der Waals surface area contributed by atoms with E-state index in [9.17, 15) is 14.4 Å². The highest BCUT2D eigenvalue weighted by molar-refractivity contribution is 5.71. The van der Waals surface area contributed by atoms with Gasteiger partial charge in [-0.05, 0) is 25.2 Å². The standard InChI is InChI=1S/C64H124O6/c1-5-8-10-12-14-16-18-20-22-24-26-28-30-32-34-39-43-47-51-55-62(65)68-58-61(59-69-63(66)56-52-48-44-40-37-36-38-42-46-50-54-60(4)7-3)70-64(67)57-53-49-45-41-35-33-31-29-27-25-23-21-19-17-15-13-11-9-6-2/h60-61H,5-59H2,1-4H3/t60?,61-/m1/s1. The molecule has 1 unspecified atom stereocenters. The maximum Gasteiger partial charge on any atom is 0.306 e. The molecule has 0 radical (unpaired) electrons. The molecule has 0 saturated heterocycles. The summed E-state index contributed by atoms with van der Waals surface area (Å²) < 4.78 is 17.0. The van der Waals surface area contributed by atoms with Crippen molar-refractivity contribution in [1.82, 2.24) is 0 Å². The smallest absolute Gasteiger partial charge is 0.306 e. The Hall–Kier alpha value is -1.59. The van der Waals surface area contributed by atoms with E-state index in [-0.39, 0.29) is 31.1 Å². The average molecular weight is 990 g/mol. The van der Waals surface area contributed by atoms with Crippen LogP contribution in [0, 0.1) is 5.92 Å². The van der Waals surface area contributed by atoms with Crippen molar-refractivity contribution in [3.8, 4) is 0 Å². The highest BCUT2D eigenvalue weighted by Gasteiger charge is 2.19. The Bertz CT molecular complexity index is 1060. The maximum absolute atomic E-state index is 12.9. The first-order valence-electron chi connectivity index (χ1n) is 31.9. The first kappa shape index (κ1) is 68.4. The van der Waals surface area contributed by atoms with Crippen LogP contribution in [0.25, 0.3) is 0 Å². The summed E-state index contributed by atoms with van der Waals surface area (Å²) in [6, 6.07) is 0. The molecule has 6 nitrogen and oxygen atoms in total. The fourth-order valence-corrected chi connectivity index (χ4v) is 9.95. The lowest BCUT2D eigenvalue weighted by atomic mass is 9.99. The molecular formula is C64H124O6. The number of carbonyl (C=O) groups excluding carboxylic acids is 3. The molecule has 0 bridgehead atoms. The van der Waals surface area contributed by atoms with Crippen molar-refractivity contribution < 1.29 is 28.6 Å². The van der Waals surface area contributed by atoms with Gasteiger partial charge in [0, 0.05) is 19.3 Å². The van der Waals surface area contributed by atoms with Gasteiger partial charge < -0.3 is 14.2 Å². The lowest BCUT2D eigenvalue weighted by Crippen LogP contribution is -2.30. The van der Waals surface area contributed by atoms with Crippen LogP contribution in [0.4, 0.5) is 0 Å². The van der Waals surface area contributed by atoms with Crippen molar-refractivity contribution in [3.63, 3.8) is 0 Å². The third-order valence-electron chi connectivity index (χ3n) is 15.2. The summed E-state index contributed by atoms with van der Waals surface area (Å²) in [5, 5.41) is 0. The van der Waals surface area contributed by atoms with Gasteiger partial charge >= 0.3 is 17.9 Å². The molecule has 0 heterocycles. The van der Waals surface area contributed by atoms with Gasteiger partial charge in [-0.25, -0.2) is 0 Å². The molecule has 0 N–H and O–H groups in total. The molecule has 0 aromatic rings. The zero-order valence-electron chi connectivity index (χ0n) is 48.0. The zero-order valence-corrected chi connectivity index (χ0v) is 48.0. The van der Waals surface area contributed by atoms with Crippen LogP contribution >= 0.6 is 0 Å². The maximum atomic E-state index is 12.9. The topological polar surface area (TPSA) is 78.9 Å². The second kappa shape index (κ2) is 58.3. The van der Waals surface area contributed by atoms with Gasteiger partial charge in [-0.2, -0.15) is 0 Å². The lowest BCUT2D eigenvalue weighted by molar-refractivity contribution is -0.167. The minimum atomic E-state index is -0.763. The second-order valence-electron chi connectivity index (χ2n) is 22.3. The molecule has 0 aliphatic heterocycles. The molecule has 6 heteroatoms. The van der Waals surface area contributed by atoms with Gasteiger partial charge in [0.2, 0.25) is 0 Å². The third-order valence-corrected chi connectivity index (χ3v) is 15.2. The monoisotopic (exact) mass is 989 g/mol. The van der Waals surface area contributed by atoms with E-state index >= 15 is 0 Å². The molecule has 0 saturated carbocycles. The SMILES string of the molecule is CCCCCCCCCCCCCCCCCCCCCC(=O)OC[C@H](COC(=O)CCCCCCCCCCCCC(C)CC)OC(=O)CCCCCCCCCCCCCCCCCCCCC. The Balaban J connectivity index is 4.27. The van der Waals surface area contributed by atoms with Crippen molar-refractivity contribution in [2.24, 2.45) is 5.92 Å². The Labute approximate surface area is 438 Å². The number of hydrogen-bond donors (Lipinski definition) is 0. The first-order valence-corrected chi connectivity index (χ1v) is 31.9. The van der Waals surface area contributed by atoms with E-state index in [0.717, 1.165) is 63.7 Å². The van der Waals surface area contributed by atoms with Crippen LogP contribution in [0.5, 0.6) is 0 Å². The van der Waals surface area contributed by atoms with Crippen molar-refractivity contribution in [1.29, 1.82) is 0 Å². The molecule has 0 spiro atoms. The molecule has 0 rings (SSSR count). The summed E-state index contributed by atoms with van der Waals surface area (Å²) in [5.74, 6) is 0.0401. The number of unbranched alkanes of at least 4 members (excludes halogenated alkanes) is 45. The Morgan fingerprint density at radius 2 is 0.500 bits per heavy atom. The normalized spacial score (nSPS) is 12.3. The Morgan fingerprint density at radius 3 is 0.743 bits per heavy atom. The Morgan fingerprint density at radius 1 is 0.286 bits per heavy atom. The van der Waals surface area contributed by atoms with Gasteiger partial charge in [0.05, 0.1) is 0 Å². The zero-order chi connectivity index (χ0) is 50.9. The van der Waals surface area contributed by atoms with E-state index in [0.29, 0.717) is 19.3 Å². The van der Waals surface area contributed by atoms with E-state index in [4.69, 9.17) is 14.2 Å². The number of hydrogen-bond acceptors (Lipinski definition) is 6. The van der Waals surface area contributed by atoms with Gasteiger partial charge in [0.25, 0.3) is 0 Å². The van der Waals surface area contributed by atoms with Crippen molar-refractivity contribution in [2.75, 3.05) is 13.2 Å². The van der Waals surface area contributed by atoms with Crippen molar-refractivity contribution >= 4 is 17.9 Å². The molecule has 0 aliphatic carbocycles. The molecule has 0 fully saturated rings. The van der Waals surface area contributed by atoms with E-state index in [2.05, 4.69) is 27.7 Å². The fourth-order valence-electron chi connectivity index (χ4n) is 9.95. The molecule has 0 aromatic heterocycles. The quantitative estimate of drug-likeness (QED) is 0.0343.